The van der Waals surface area contributed by atoms with Crippen LogP contribution in [0.4, 0.5) is 0 Å². The molecule has 0 unspecified atom stereocenters. The molecule has 0 bridgehead atoms. The van der Waals surface area contributed by atoms with E-state index in [4.69, 9.17) is 14.2 Å². The number of ether oxygens (including phenoxy) is 3. The lowest BCUT2D eigenvalue weighted by molar-refractivity contribution is -0.168. The fourth-order valence-corrected chi connectivity index (χ4v) is 3.65. The highest BCUT2D eigenvalue weighted by Gasteiger charge is 2.31. The molecule has 0 spiro atoms. The molecule has 0 saturated carbocycles. The van der Waals surface area contributed by atoms with Gasteiger partial charge in [-0.15, -0.1) is 0 Å². The minimum atomic E-state index is -0.947. The van der Waals surface area contributed by atoms with Crippen molar-refractivity contribution in [1.82, 2.24) is 0 Å². The molecule has 1 fully saturated rings. The zero-order chi connectivity index (χ0) is 23.6. The smallest absolute Gasteiger partial charge is 0.308 e. The average molecular weight is 447 g/mol. The molecule has 8 heteroatoms. The summed E-state index contributed by atoms with van der Waals surface area (Å²) in [5.74, 6) is -0.498. The summed E-state index contributed by atoms with van der Waals surface area (Å²) in [5, 5.41) is 30.2. The molecule has 3 N–H and O–H groups in total. The van der Waals surface area contributed by atoms with E-state index in [0.717, 1.165) is 12.8 Å². The summed E-state index contributed by atoms with van der Waals surface area (Å²) in [6.45, 7) is 9.58. The highest BCUT2D eigenvalue weighted by Crippen LogP contribution is 2.25. The first-order valence-electron chi connectivity index (χ1n) is 11.6. The molecule has 182 valence electrons. The van der Waals surface area contributed by atoms with Crippen LogP contribution in [0.5, 0.6) is 0 Å². The lowest BCUT2D eigenvalue weighted by Crippen LogP contribution is -2.34. The Hall–Kier alpha value is -1.06. The molecule has 0 aliphatic carbocycles. The third-order valence-electron chi connectivity index (χ3n) is 6.04. The molecule has 0 aromatic heterocycles. The van der Waals surface area contributed by atoms with E-state index < -0.39 is 36.7 Å². The summed E-state index contributed by atoms with van der Waals surface area (Å²) in [6.07, 6.45) is -1.42. The van der Waals surface area contributed by atoms with Crippen molar-refractivity contribution in [2.45, 2.75) is 116 Å². The number of aliphatic hydroxyl groups is 3. The van der Waals surface area contributed by atoms with Gasteiger partial charge in [-0.2, -0.15) is 0 Å². The molecule has 0 aromatic carbocycles. The van der Waals surface area contributed by atoms with Crippen LogP contribution < -0.4 is 0 Å². The van der Waals surface area contributed by atoms with Gasteiger partial charge >= 0.3 is 5.97 Å². The minimum absolute atomic E-state index is 0.0184. The van der Waals surface area contributed by atoms with Gasteiger partial charge in [0.25, 0.3) is 0 Å². The molecule has 1 aliphatic rings. The molecule has 0 amide bonds. The first-order chi connectivity index (χ1) is 14.5. The Bertz CT molecular complexity index is 540. The van der Waals surface area contributed by atoms with Gasteiger partial charge in [0.15, 0.2) is 6.29 Å². The Morgan fingerprint density at radius 3 is 2.06 bits per heavy atom. The van der Waals surface area contributed by atoms with E-state index in [9.17, 15) is 24.9 Å². The summed E-state index contributed by atoms with van der Waals surface area (Å²) in [6, 6.07) is 0. The van der Waals surface area contributed by atoms with E-state index in [0.29, 0.717) is 6.42 Å². The Morgan fingerprint density at radius 2 is 1.55 bits per heavy atom. The van der Waals surface area contributed by atoms with Crippen LogP contribution >= 0.6 is 0 Å². The van der Waals surface area contributed by atoms with Gasteiger partial charge in [0.05, 0.1) is 37.4 Å². The van der Waals surface area contributed by atoms with E-state index in [1.807, 2.05) is 27.7 Å². The van der Waals surface area contributed by atoms with Crippen LogP contribution in [0.25, 0.3) is 0 Å². The van der Waals surface area contributed by atoms with Crippen LogP contribution in [0, 0.1) is 11.8 Å². The number of esters is 1. The number of Topliss-reactive ketones (excluding diaryl/α,β-unsaturated/α-hetero) is 1. The maximum atomic E-state index is 12.5. The van der Waals surface area contributed by atoms with E-state index in [2.05, 4.69) is 0 Å². The van der Waals surface area contributed by atoms with Crippen molar-refractivity contribution in [2.75, 3.05) is 6.61 Å². The molecular weight excluding hydrogens is 404 g/mol. The number of ketones is 1. The summed E-state index contributed by atoms with van der Waals surface area (Å²) in [5.41, 5.74) is 0. The number of hydrogen-bond acceptors (Lipinski definition) is 8. The summed E-state index contributed by atoms with van der Waals surface area (Å²) < 4.78 is 16.9. The fraction of sp³-hybridized carbons (Fsp3) is 0.913. The molecule has 0 aromatic rings. The maximum Gasteiger partial charge on any atom is 0.308 e. The van der Waals surface area contributed by atoms with Gasteiger partial charge in [-0.05, 0) is 18.8 Å². The van der Waals surface area contributed by atoms with Gasteiger partial charge in [-0.25, -0.2) is 0 Å². The molecule has 1 aliphatic heterocycles. The molecule has 1 saturated heterocycles. The van der Waals surface area contributed by atoms with Crippen LogP contribution in [-0.2, 0) is 23.8 Å². The third-order valence-corrected chi connectivity index (χ3v) is 6.04. The van der Waals surface area contributed by atoms with Crippen molar-refractivity contribution in [3.63, 3.8) is 0 Å². The minimum Gasteiger partial charge on any atom is -0.462 e. The highest BCUT2D eigenvalue weighted by atomic mass is 16.7. The van der Waals surface area contributed by atoms with Crippen LogP contribution in [0.15, 0.2) is 0 Å². The average Bonchev–Trinajstić information content (AvgIpc) is 3.09. The van der Waals surface area contributed by atoms with Crippen LogP contribution in [0.3, 0.4) is 0 Å². The zero-order valence-corrected chi connectivity index (χ0v) is 19.7. The number of rotatable bonds is 15. The Kier molecular flexibility index (Phi) is 12.8. The van der Waals surface area contributed by atoms with Crippen molar-refractivity contribution in [1.29, 1.82) is 0 Å². The first-order valence-corrected chi connectivity index (χ1v) is 11.6. The highest BCUT2D eigenvalue weighted by molar-refractivity contribution is 5.76. The third kappa shape index (κ3) is 10.9. The summed E-state index contributed by atoms with van der Waals surface area (Å²) in [4.78, 5) is 23.7. The standard InChI is InChI=1S/C23H42O8/c1-6-14(3)20(9-17(25)8-16(5)24)30-22(28)11-18(26)10-21(15(4)7-2)31-23-12-19(27)13-29-23/h14-15,17-21,23,25-27H,6-13H2,1-5H3/t14-,15-,17+,18-,19+,20-,21-,23-/m0/s1. The molecule has 1 rings (SSSR count). The van der Waals surface area contributed by atoms with Crippen molar-refractivity contribution in [3.05, 3.63) is 0 Å². The fourth-order valence-electron chi connectivity index (χ4n) is 3.65. The predicted octanol–water partition coefficient (Wildman–Crippen LogP) is 2.35. The molecule has 8 atom stereocenters. The second kappa shape index (κ2) is 14.2. The number of carbonyl (C=O) groups excluding carboxylic acids is 2. The van der Waals surface area contributed by atoms with Crippen molar-refractivity contribution < 1.29 is 39.1 Å². The van der Waals surface area contributed by atoms with Gasteiger partial charge in [0, 0.05) is 25.7 Å². The second-order valence-electron chi connectivity index (χ2n) is 9.02. The van der Waals surface area contributed by atoms with Gasteiger partial charge in [-0.3, -0.25) is 9.59 Å². The predicted molar refractivity (Wildman–Crippen MR) is 115 cm³/mol. The molecule has 8 nitrogen and oxygen atoms in total. The zero-order valence-electron chi connectivity index (χ0n) is 19.7. The van der Waals surface area contributed by atoms with E-state index >= 15 is 0 Å². The first kappa shape index (κ1) is 28.0. The lowest BCUT2D eigenvalue weighted by Gasteiger charge is -2.29. The Morgan fingerprint density at radius 1 is 1.00 bits per heavy atom. The SMILES string of the molecule is CC[C@H](C)[C@H](C[C@H](O)CC(C)=O)OC(=O)C[C@@H](O)C[C@H](O[C@H]1C[C@@H](O)CO1)[C@@H](C)CC. The normalized spacial score (nSPS) is 24.8. The molecule has 0 radical (unpaired) electrons. The number of aliphatic hydroxyl groups excluding tert-OH is 3. The number of carbonyl (C=O) groups is 2. The van der Waals surface area contributed by atoms with Crippen LogP contribution in [0.1, 0.15) is 79.6 Å². The van der Waals surface area contributed by atoms with E-state index in [1.165, 1.54) is 6.92 Å². The largest absolute Gasteiger partial charge is 0.462 e. The second-order valence-corrected chi connectivity index (χ2v) is 9.02. The lowest BCUT2D eigenvalue weighted by atomic mass is 9.94. The van der Waals surface area contributed by atoms with Crippen molar-refractivity contribution >= 4 is 11.8 Å². The monoisotopic (exact) mass is 446 g/mol. The van der Waals surface area contributed by atoms with Gasteiger partial charge in [-0.1, -0.05) is 40.5 Å². The topological polar surface area (TPSA) is 123 Å². The molecular formula is C23H42O8. The van der Waals surface area contributed by atoms with Crippen molar-refractivity contribution in [2.24, 2.45) is 11.8 Å². The van der Waals surface area contributed by atoms with E-state index in [1.54, 1.807) is 0 Å². The van der Waals surface area contributed by atoms with Gasteiger partial charge in [0.1, 0.15) is 11.9 Å². The van der Waals surface area contributed by atoms with E-state index in [-0.39, 0.29) is 56.0 Å². The summed E-state index contributed by atoms with van der Waals surface area (Å²) in [7, 11) is 0. The molecule has 31 heavy (non-hydrogen) atoms. The Labute approximate surface area is 186 Å². The summed E-state index contributed by atoms with van der Waals surface area (Å²) >= 11 is 0. The van der Waals surface area contributed by atoms with Gasteiger partial charge in [0.2, 0.25) is 0 Å². The van der Waals surface area contributed by atoms with Gasteiger partial charge < -0.3 is 29.5 Å². The van der Waals surface area contributed by atoms with Crippen LogP contribution in [-0.4, -0.2) is 70.5 Å². The number of hydrogen-bond donors (Lipinski definition) is 3. The quantitative estimate of drug-likeness (QED) is 0.328. The maximum absolute atomic E-state index is 12.5. The van der Waals surface area contributed by atoms with Crippen molar-refractivity contribution in [3.8, 4) is 0 Å². The molecule has 1 heterocycles. The Balaban J connectivity index is 2.61. The van der Waals surface area contributed by atoms with Crippen LogP contribution in [0.2, 0.25) is 0 Å².